The van der Waals surface area contributed by atoms with Gasteiger partial charge in [0.15, 0.2) is 16.4 Å². The quantitative estimate of drug-likeness (QED) is 0.465. The van der Waals surface area contributed by atoms with E-state index in [0.717, 1.165) is 17.4 Å². The summed E-state index contributed by atoms with van der Waals surface area (Å²) in [5.41, 5.74) is -2.94. The van der Waals surface area contributed by atoms with Crippen molar-refractivity contribution in [1.29, 1.82) is 0 Å². The first-order valence-corrected chi connectivity index (χ1v) is 10.0. The Kier molecular flexibility index (Phi) is 6.97. The molecule has 3 nitrogen and oxygen atoms in total. The predicted octanol–water partition coefficient (Wildman–Crippen LogP) is 6.90. The molecule has 0 aliphatic rings. The van der Waals surface area contributed by atoms with Crippen LogP contribution in [0.2, 0.25) is 10.0 Å². The van der Waals surface area contributed by atoms with Crippen LogP contribution in [0.4, 0.5) is 13.2 Å². The Bertz CT molecular complexity index is 911. The van der Waals surface area contributed by atoms with Gasteiger partial charge in [-0.2, -0.15) is 13.2 Å². The highest BCUT2D eigenvalue weighted by Crippen LogP contribution is 2.48. The van der Waals surface area contributed by atoms with Gasteiger partial charge < -0.3 is 5.11 Å². The van der Waals surface area contributed by atoms with E-state index in [4.69, 9.17) is 23.2 Å². The van der Waals surface area contributed by atoms with Crippen LogP contribution < -0.4 is 0 Å². The van der Waals surface area contributed by atoms with E-state index in [-0.39, 0.29) is 15.8 Å². The second-order valence-electron chi connectivity index (χ2n) is 6.11. The topological polar surface area (TPSA) is 50.2 Å². The zero-order valence-corrected chi connectivity index (χ0v) is 17.5. The number of rotatable bonds is 7. The number of benzene rings is 1. The summed E-state index contributed by atoms with van der Waals surface area (Å²) < 4.78 is 40.2. The molecule has 0 saturated carbocycles. The predicted molar refractivity (Wildman–Crippen MR) is 107 cm³/mol. The van der Waals surface area contributed by atoms with Gasteiger partial charge in [-0.1, -0.05) is 55.8 Å². The molecule has 2 aromatic rings. The Labute approximate surface area is 174 Å². The van der Waals surface area contributed by atoms with Gasteiger partial charge in [0.25, 0.3) is 0 Å². The Hall–Kier alpha value is -1.41. The smallest absolute Gasteiger partial charge is 0.376 e. The Balaban J connectivity index is 2.63. The van der Waals surface area contributed by atoms with Crippen molar-refractivity contribution < 1.29 is 23.1 Å². The molecule has 0 aliphatic carbocycles. The van der Waals surface area contributed by atoms with Crippen molar-refractivity contribution in [2.24, 2.45) is 0 Å². The number of aliphatic hydroxyl groups is 1. The SMILES string of the molecule is C=Cc1nc(C(=O)CCC)sc1-c1ccc(C(O)(CC)C(F)(F)F)c(Cl)c1Cl. The zero-order chi connectivity index (χ0) is 21.3. The molecule has 0 spiro atoms. The van der Waals surface area contributed by atoms with Gasteiger partial charge in [0, 0.05) is 17.5 Å². The highest BCUT2D eigenvalue weighted by atomic mass is 35.5. The molecule has 1 heterocycles. The van der Waals surface area contributed by atoms with E-state index in [2.05, 4.69) is 11.6 Å². The minimum Gasteiger partial charge on any atom is -0.376 e. The fourth-order valence-corrected chi connectivity index (χ4v) is 4.41. The summed E-state index contributed by atoms with van der Waals surface area (Å²) in [6, 6.07) is 2.44. The van der Waals surface area contributed by atoms with Gasteiger partial charge >= 0.3 is 6.18 Å². The summed E-state index contributed by atoms with van der Waals surface area (Å²) in [4.78, 5) is 16.9. The highest BCUT2D eigenvalue weighted by Gasteiger charge is 2.54. The van der Waals surface area contributed by atoms with Crippen molar-refractivity contribution in [2.45, 2.75) is 44.9 Å². The van der Waals surface area contributed by atoms with E-state index < -0.39 is 28.8 Å². The lowest BCUT2D eigenvalue weighted by molar-refractivity contribution is -0.267. The number of aromatic nitrogens is 1. The van der Waals surface area contributed by atoms with E-state index in [1.807, 2.05) is 6.92 Å². The second kappa shape index (κ2) is 8.53. The van der Waals surface area contributed by atoms with Gasteiger partial charge in [0.1, 0.15) is 0 Å². The molecule has 0 fully saturated rings. The summed E-state index contributed by atoms with van der Waals surface area (Å²) in [5, 5.41) is 9.91. The Morgan fingerprint density at radius 2 is 1.93 bits per heavy atom. The fourth-order valence-electron chi connectivity index (χ4n) is 2.70. The second-order valence-corrected chi connectivity index (χ2v) is 7.87. The van der Waals surface area contributed by atoms with Gasteiger partial charge in [0.2, 0.25) is 0 Å². The molecule has 0 saturated heterocycles. The molecule has 152 valence electrons. The van der Waals surface area contributed by atoms with Crippen LogP contribution in [0.5, 0.6) is 0 Å². The maximum absolute atomic E-state index is 13.4. The lowest BCUT2D eigenvalue weighted by Crippen LogP contribution is -2.42. The number of carbonyl (C=O) groups excluding carboxylic acids is 1. The third-order valence-corrected chi connectivity index (χ3v) is 6.34. The van der Waals surface area contributed by atoms with Gasteiger partial charge in [0.05, 0.1) is 20.6 Å². The maximum Gasteiger partial charge on any atom is 0.421 e. The zero-order valence-electron chi connectivity index (χ0n) is 15.2. The average Bonchev–Trinajstić information content (AvgIpc) is 3.06. The summed E-state index contributed by atoms with van der Waals surface area (Å²) in [5.74, 6) is -0.141. The van der Waals surface area contributed by atoms with Crippen molar-refractivity contribution >= 4 is 46.4 Å². The van der Waals surface area contributed by atoms with E-state index in [1.54, 1.807) is 0 Å². The number of halogens is 5. The summed E-state index contributed by atoms with van der Waals surface area (Å²) >= 11 is 13.5. The van der Waals surface area contributed by atoms with Crippen molar-refractivity contribution in [3.05, 3.63) is 45.0 Å². The minimum absolute atomic E-state index is 0.141. The molecule has 0 amide bonds. The normalized spacial score (nSPS) is 14.0. The molecule has 28 heavy (non-hydrogen) atoms. The maximum atomic E-state index is 13.4. The minimum atomic E-state index is -4.92. The van der Waals surface area contributed by atoms with Crippen LogP contribution >= 0.6 is 34.5 Å². The van der Waals surface area contributed by atoms with E-state index in [0.29, 0.717) is 29.0 Å². The van der Waals surface area contributed by atoms with Crippen molar-refractivity contribution in [1.82, 2.24) is 4.98 Å². The van der Waals surface area contributed by atoms with Crippen LogP contribution in [-0.4, -0.2) is 22.1 Å². The first kappa shape index (κ1) is 22.9. The van der Waals surface area contributed by atoms with Crippen LogP contribution in [0.3, 0.4) is 0 Å². The number of alkyl halides is 3. The molecule has 0 bridgehead atoms. The molecule has 0 radical (unpaired) electrons. The molecule has 2 rings (SSSR count). The third kappa shape index (κ3) is 3.99. The lowest BCUT2D eigenvalue weighted by Gasteiger charge is -2.31. The largest absolute Gasteiger partial charge is 0.421 e. The number of nitrogens with zero attached hydrogens (tertiary/aromatic N) is 1. The van der Waals surface area contributed by atoms with Crippen LogP contribution in [-0.2, 0) is 5.60 Å². The summed E-state index contributed by atoms with van der Waals surface area (Å²) in [7, 11) is 0. The van der Waals surface area contributed by atoms with Crippen LogP contribution in [0.25, 0.3) is 16.5 Å². The number of hydrogen-bond acceptors (Lipinski definition) is 4. The molecule has 1 aromatic heterocycles. The molecule has 1 unspecified atom stereocenters. The molecular formula is C19H18Cl2F3NO2S. The van der Waals surface area contributed by atoms with Crippen molar-refractivity contribution in [3.63, 3.8) is 0 Å². The number of carbonyl (C=O) groups is 1. The van der Waals surface area contributed by atoms with E-state index in [9.17, 15) is 23.1 Å². The monoisotopic (exact) mass is 451 g/mol. The highest BCUT2D eigenvalue weighted by molar-refractivity contribution is 7.17. The van der Waals surface area contributed by atoms with E-state index >= 15 is 0 Å². The van der Waals surface area contributed by atoms with Gasteiger partial charge in [-0.3, -0.25) is 4.79 Å². The molecular weight excluding hydrogens is 434 g/mol. The fraction of sp³-hybridized carbons (Fsp3) is 0.368. The van der Waals surface area contributed by atoms with Crippen molar-refractivity contribution in [2.75, 3.05) is 0 Å². The number of hydrogen-bond donors (Lipinski definition) is 1. The van der Waals surface area contributed by atoms with Crippen LogP contribution in [0, 0.1) is 0 Å². The van der Waals surface area contributed by atoms with E-state index in [1.165, 1.54) is 19.1 Å². The van der Waals surface area contributed by atoms with Gasteiger partial charge in [-0.15, -0.1) is 11.3 Å². The van der Waals surface area contributed by atoms with Gasteiger partial charge in [-0.25, -0.2) is 4.98 Å². The summed E-state index contributed by atoms with van der Waals surface area (Å²) in [6.07, 6.45) is -3.13. The molecule has 0 aliphatic heterocycles. The Morgan fingerprint density at radius 3 is 2.43 bits per heavy atom. The Morgan fingerprint density at radius 1 is 1.29 bits per heavy atom. The van der Waals surface area contributed by atoms with Crippen LogP contribution in [0.15, 0.2) is 18.7 Å². The number of thiazole rings is 1. The molecule has 1 aromatic carbocycles. The lowest BCUT2D eigenvalue weighted by atomic mass is 9.89. The molecule has 1 N–H and O–H groups in total. The average molecular weight is 452 g/mol. The standard InChI is InChI=1S/C19H18Cl2F3NO2S/c1-4-7-13(26)17-25-12(5-2)16(28-17)10-8-9-11(15(21)14(10)20)18(27,6-3)19(22,23)24/h5,8-9,27H,2,4,6-7H2,1,3H3. The first-order valence-electron chi connectivity index (χ1n) is 8.46. The number of ketones is 1. The first-order chi connectivity index (χ1) is 13.0. The van der Waals surface area contributed by atoms with Crippen LogP contribution in [0.1, 0.15) is 54.2 Å². The van der Waals surface area contributed by atoms with Crippen molar-refractivity contribution in [3.8, 4) is 10.4 Å². The van der Waals surface area contributed by atoms with Gasteiger partial charge in [-0.05, 0) is 18.9 Å². The number of Topliss-reactive ketones (excluding diaryl/α,β-unsaturated/α-hetero) is 1. The molecule has 9 heteroatoms. The summed E-state index contributed by atoms with van der Waals surface area (Å²) in [6.45, 7) is 6.73. The third-order valence-electron chi connectivity index (χ3n) is 4.32. The molecule has 1 atom stereocenters.